The molecule has 1 aliphatic heterocycles. The lowest BCUT2D eigenvalue weighted by Gasteiger charge is -2.46. The first-order valence-electron chi connectivity index (χ1n) is 5.81. The number of nitrogens with zero attached hydrogens (tertiary/aromatic N) is 2. The van der Waals surface area contributed by atoms with Crippen LogP contribution in [0.1, 0.15) is 23.7 Å². The minimum Gasteiger partial charge on any atom is -0.386 e. The van der Waals surface area contributed by atoms with E-state index in [9.17, 15) is 20.0 Å². The zero-order valence-corrected chi connectivity index (χ0v) is 11.1. The predicted molar refractivity (Wildman–Crippen MR) is 69.3 cm³/mol. The number of carbonyl (C=O) groups is 1. The second-order valence-electron chi connectivity index (χ2n) is 4.69. The Morgan fingerprint density at radius 3 is 2.68 bits per heavy atom. The number of carbonyl (C=O) groups excluding carboxylic acids is 1. The van der Waals surface area contributed by atoms with Gasteiger partial charge in [-0.3, -0.25) is 14.9 Å². The molecule has 0 bridgehead atoms. The van der Waals surface area contributed by atoms with Crippen molar-refractivity contribution in [1.82, 2.24) is 4.90 Å². The van der Waals surface area contributed by atoms with E-state index in [2.05, 4.69) is 0 Å². The van der Waals surface area contributed by atoms with Gasteiger partial charge in [-0.1, -0.05) is 18.5 Å². The van der Waals surface area contributed by atoms with E-state index in [1.54, 1.807) is 0 Å². The summed E-state index contributed by atoms with van der Waals surface area (Å²) in [5.74, 6) is -0.358. The van der Waals surface area contributed by atoms with Gasteiger partial charge >= 0.3 is 0 Å². The van der Waals surface area contributed by atoms with Crippen LogP contribution >= 0.6 is 11.6 Å². The van der Waals surface area contributed by atoms with Gasteiger partial charge in [-0.05, 0) is 12.5 Å². The average molecular weight is 285 g/mol. The Balaban J connectivity index is 2.19. The SMILES string of the molecule is CCC1(O)CN(C(=O)c2cc(Cl)cc([N+](=O)[O-])c2)C1. The van der Waals surface area contributed by atoms with E-state index in [1.807, 2.05) is 6.92 Å². The number of amides is 1. The number of aliphatic hydroxyl groups is 1. The Morgan fingerprint density at radius 2 is 2.16 bits per heavy atom. The Morgan fingerprint density at radius 1 is 1.53 bits per heavy atom. The first-order chi connectivity index (χ1) is 8.84. The first-order valence-corrected chi connectivity index (χ1v) is 6.19. The minimum absolute atomic E-state index is 0.142. The molecule has 1 saturated heterocycles. The van der Waals surface area contributed by atoms with Crippen LogP contribution in [0.2, 0.25) is 5.02 Å². The molecule has 1 aromatic carbocycles. The third-order valence-corrected chi connectivity index (χ3v) is 3.47. The minimum atomic E-state index is -0.833. The van der Waals surface area contributed by atoms with Crippen LogP contribution < -0.4 is 0 Å². The molecule has 102 valence electrons. The summed E-state index contributed by atoms with van der Waals surface area (Å²) in [4.78, 5) is 23.7. The highest BCUT2D eigenvalue weighted by Gasteiger charge is 2.42. The lowest BCUT2D eigenvalue weighted by atomic mass is 9.90. The van der Waals surface area contributed by atoms with Crippen molar-refractivity contribution >= 4 is 23.2 Å². The summed E-state index contributed by atoms with van der Waals surface area (Å²) in [6.07, 6.45) is 0.562. The van der Waals surface area contributed by atoms with Crippen molar-refractivity contribution in [1.29, 1.82) is 0 Å². The molecule has 0 saturated carbocycles. The monoisotopic (exact) mass is 284 g/mol. The molecule has 1 N–H and O–H groups in total. The quantitative estimate of drug-likeness (QED) is 0.678. The molecule has 0 aromatic heterocycles. The standard InChI is InChI=1S/C12H13ClN2O4/c1-2-12(17)6-14(7-12)11(16)8-3-9(13)5-10(4-8)15(18)19/h3-5,17H,2,6-7H2,1H3. The fourth-order valence-electron chi connectivity index (χ4n) is 2.02. The molecule has 1 fully saturated rings. The molecule has 0 aliphatic carbocycles. The molecule has 0 unspecified atom stereocenters. The van der Waals surface area contributed by atoms with Crippen LogP contribution in [-0.4, -0.2) is 39.5 Å². The molecule has 0 atom stereocenters. The van der Waals surface area contributed by atoms with Gasteiger partial charge in [-0.25, -0.2) is 0 Å². The Hall–Kier alpha value is -1.66. The number of halogens is 1. The van der Waals surface area contributed by atoms with Gasteiger partial charge in [-0.15, -0.1) is 0 Å². The molecule has 6 nitrogen and oxygen atoms in total. The van der Waals surface area contributed by atoms with Crippen molar-refractivity contribution in [3.8, 4) is 0 Å². The van der Waals surface area contributed by atoms with E-state index in [0.29, 0.717) is 6.42 Å². The Kier molecular flexibility index (Phi) is 3.47. The molecule has 19 heavy (non-hydrogen) atoms. The average Bonchev–Trinajstić information content (AvgIpc) is 2.33. The normalized spacial score (nSPS) is 16.9. The van der Waals surface area contributed by atoms with E-state index in [-0.39, 0.29) is 35.3 Å². The van der Waals surface area contributed by atoms with Crippen LogP contribution in [-0.2, 0) is 0 Å². The highest BCUT2D eigenvalue weighted by Crippen LogP contribution is 2.28. The van der Waals surface area contributed by atoms with Gasteiger partial charge in [0.25, 0.3) is 11.6 Å². The Labute approximate surface area is 114 Å². The summed E-state index contributed by atoms with van der Waals surface area (Å²) in [5.41, 5.74) is -0.889. The third kappa shape index (κ3) is 2.69. The molecule has 0 spiro atoms. The lowest BCUT2D eigenvalue weighted by molar-refractivity contribution is -0.384. The Bertz CT molecular complexity index is 541. The van der Waals surface area contributed by atoms with Crippen LogP contribution in [0, 0.1) is 10.1 Å². The summed E-state index contributed by atoms with van der Waals surface area (Å²) >= 11 is 5.76. The van der Waals surface area contributed by atoms with Crippen LogP contribution in [0.5, 0.6) is 0 Å². The molecular formula is C12H13ClN2O4. The highest BCUT2D eigenvalue weighted by molar-refractivity contribution is 6.31. The van der Waals surface area contributed by atoms with Crippen molar-refractivity contribution in [3.05, 3.63) is 38.9 Å². The van der Waals surface area contributed by atoms with Crippen LogP contribution in [0.3, 0.4) is 0 Å². The summed E-state index contributed by atoms with van der Waals surface area (Å²) in [6.45, 7) is 2.32. The number of hydrogen-bond donors (Lipinski definition) is 1. The molecule has 7 heteroatoms. The van der Waals surface area contributed by atoms with Gasteiger partial charge in [0.2, 0.25) is 0 Å². The van der Waals surface area contributed by atoms with Crippen molar-refractivity contribution in [2.75, 3.05) is 13.1 Å². The van der Waals surface area contributed by atoms with E-state index < -0.39 is 10.5 Å². The van der Waals surface area contributed by atoms with Gasteiger partial charge in [-0.2, -0.15) is 0 Å². The second kappa shape index (κ2) is 4.79. The number of likely N-dealkylation sites (tertiary alicyclic amines) is 1. The van der Waals surface area contributed by atoms with E-state index in [0.717, 1.165) is 0 Å². The number of nitro benzene ring substituents is 1. The van der Waals surface area contributed by atoms with Crippen molar-refractivity contribution in [3.63, 3.8) is 0 Å². The van der Waals surface area contributed by atoms with E-state index >= 15 is 0 Å². The zero-order valence-electron chi connectivity index (χ0n) is 10.3. The third-order valence-electron chi connectivity index (χ3n) is 3.26. The molecule has 1 aromatic rings. The molecule has 0 radical (unpaired) electrons. The maximum absolute atomic E-state index is 12.1. The number of hydrogen-bond acceptors (Lipinski definition) is 4. The summed E-state index contributed by atoms with van der Waals surface area (Å²) in [5, 5.41) is 20.7. The van der Waals surface area contributed by atoms with Gasteiger partial charge in [0.1, 0.15) is 0 Å². The first kappa shape index (κ1) is 13.8. The summed E-state index contributed by atoms with van der Waals surface area (Å²) in [7, 11) is 0. The molecule has 1 aliphatic rings. The van der Waals surface area contributed by atoms with E-state index in [4.69, 9.17) is 11.6 Å². The number of benzene rings is 1. The van der Waals surface area contributed by atoms with Gasteiger partial charge < -0.3 is 10.0 Å². The maximum Gasteiger partial charge on any atom is 0.271 e. The van der Waals surface area contributed by atoms with Gasteiger partial charge in [0.05, 0.1) is 23.6 Å². The molecule has 1 heterocycles. The molecule has 2 rings (SSSR count). The van der Waals surface area contributed by atoms with E-state index in [1.165, 1.54) is 23.1 Å². The molecule has 1 amide bonds. The summed E-state index contributed by atoms with van der Waals surface area (Å²) < 4.78 is 0. The zero-order chi connectivity index (χ0) is 14.2. The number of β-amino-alcohol motifs (C(OH)–C–C–N with tert-alkyl or cyclic N) is 1. The van der Waals surface area contributed by atoms with Crippen LogP contribution in [0.15, 0.2) is 18.2 Å². The summed E-state index contributed by atoms with van der Waals surface area (Å²) in [6, 6.07) is 3.77. The fourth-order valence-corrected chi connectivity index (χ4v) is 2.25. The highest BCUT2D eigenvalue weighted by atomic mass is 35.5. The number of rotatable bonds is 3. The van der Waals surface area contributed by atoms with Crippen LogP contribution in [0.25, 0.3) is 0 Å². The lowest BCUT2D eigenvalue weighted by Crippen LogP contribution is -2.63. The number of nitro groups is 1. The fraction of sp³-hybridized carbons (Fsp3) is 0.417. The van der Waals surface area contributed by atoms with Crippen molar-refractivity contribution < 1.29 is 14.8 Å². The topological polar surface area (TPSA) is 83.7 Å². The van der Waals surface area contributed by atoms with Gasteiger partial charge in [0, 0.05) is 22.7 Å². The second-order valence-corrected chi connectivity index (χ2v) is 5.13. The van der Waals surface area contributed by atoms with Crippen molar-refractivity contribution in [2.45, 2.75) is 18.9 Å². The number of non-ortho nitro benzene ring substituents is 1. The smallest absolute Gasteiger partial charge is 0.271 e. The van der Waals surface area contributed by atoms with Gasteiger partial charge in [0.15, 0.2) is 0 Å². The molecular weight excluding hydrogens is 272 g/mol. The predicted octanol–water partition coefficient (Wildman–Crippen LogP) is 1.85. The maximum atomic E-state index is 12.1. The van der Waals surface area contributed by atoms with Crippen molar-refractivity contribution in [2.24, 2.45) is 0 Å². The largest absolute Gasteiger partial charge is 0.386 e. The van der Waals surface area contributed by atoms with Crippen LogP contribution in [0.4, 0.5) is 5.69 Å².